The summed E-state index contributed by atoms with van der Waals surface area (Å²) >= 11 is 1.97. The Morgan fingerprint density at radius 3 is 2.82 bits per heavy atom. The first kappa shape index (κ1) is 12.7. The molecule has 1 aromatic rings. The summed E-state index contributed by atoms with van der Waals surface area (Å²) in [6.45, 7) is 4.01. The van der Waals surface area contributed by atoms with Crippen molar-refractivity contribution >= 4 is 17.6 Å². The zero-order valence-electron chi connectivity index (χ0n) is 10.9. The quantitative estimate of drug-likeness (QED) is 0.895. The Morgan fingerprint density at radius 2 is 2.06 bits per heavy atom. The summed E-state index contributed by atoms with van der Waals surface area (Å²) < 4.78 is 0. The van der Waals surface area contributed by atoms with E-state index < -0.39 is 0 Å². The van der Waals surface area contributed by atoms with Gasteiger partial charge >= 0.3 is 0 Å². The van der Waals surface area contributed by atoms with Crippen molar-refractivity contribution in [2.24, 2.45) is 0 Å². The summed E-state index contributed by atoms with van der Waals surface area (Å²) in [5, 5.41) is 4.31. The molecule has 0 aliphatic heterocycles. The zero-order valence-corrected chi connectivity index (χ0v) is 11.7. The van der Waals surface area contributed by atoms with Crippen LogP contribution in [0.2, 0.25) is 0 Å². The van der Waals surface area contributed by atoms with Gasteiger partial charge in [-0.15, -0.1) is 0 Å². The first-order valence-electron chi connectivity index (χ1n) is 6.30. The van der Waals surface area contributed by atoms with E-state index in [4.69, 9.17) is 0 Å². The van der Waals surface area contributed by atoms with Gasteiger partial charge in [0.15, 0.2) is 0 Å². The van der Waals surface area contributed by atoms with Crippen LogP contribution in [-0.4, -0.2) is 27.5 Å². The van der Waals surface area contributed by atoms with E-state index in [1.165, 1.54) is 25.7 Å². The Hall–Kier alpha value is -0.770. The second-order valence-electron chi connectivity index (χ2n) is 4.75. The predicted molar refractivity (Wildman–Crippen MR) is 74.7 cm³/mol. The Bertz CT molecular complexity index is 381. The van der Waals surface area contributed by atoms with Crippen LogP contribution in [0, 0.1) is 13.8 Å². The lowest BCUT2D eigenvalue weighted by Gasteiger charge is -2.31. The van der Waals surface area contributed by atoms with Crippen LogP contribution in [-0.2, 0) is 0 Å². The minimum atomic E-state index is 0.550. The molecular weight excluding hydrogens is 230 g/mol. The minimum absolute atomic E-state index is 0.550. The molecule has 2 atom stereocenters. The number of hydrogen-bond acceptors (Lipinski definition) is 4. The molecule has 1 aromatic heterocycles. The molecule has 94 valence electrons. The smallest absolute Gasteiger partial charge is 0.148 e. The van der Waals surface area contributed by atoms with Crippen molar-refractivity contribution in [2.75, 3.05) is 11.6 Å². The lowest BCUT2D eigenvalue weighted by atomic mass is 9.95. The molecule has 17 heavy (non-hydrogen) atoms. The van der Waals surface area contributed by atoms with Gasteiger partial charge in [-0.3, -0.25) is 4.98 Å². The molecule has 4 heteroatoms. The number of thioether (sulfide) groups is 1. The van der Waals surface area contributed by atoms with Crippen LogP contribution >= 0.6 is 11.8 Å². The van der Waals surface area contributed by atoms with Crippen LogP contribution < -0.4 is 5.32 Å². The molecule has 0 bridgehead atoms. The number of anilines is 1. The van der Waals surface area contributed by atoms with E-state index in [-0.39, 0.29) is 0 Å². The van der Waals surface area contributed by atoms with Crippen LogP contribution in [0.4, 0.5) is 5.82 Å². The summed E-state index contributed by atoms with van der Waals surface area (Å²) in [6.07, 6.45) is 9.29. The third-order valence-electron chi connectivity index (χ3n) is 3.40. The van der Waals surface area contributed by atoms with Crippen LogP contribution in [0.5, 0.6) is 0 Å². The van der Waals surface area contributed by atoms with Gasteiger partial charge in [-0.05, 0) is 32.9 Å². The van der Waals surface area contributed by atoms with Crippen molar-refractivity contribution in [1.82, 2.24) is 9.97 Å². The number of hydrogen-bond donors (Lipinski definition) is 1. The molecule has 0 amide bonds. The normalized spacial score (nSPS) is 24.6. The third kappa shape index (κ3) is 3.12. The van der Waals surface area contributed by atoms with Crippen LogP contribution in [0.15, 0.2) is 6.20 Å². The Morgan fingerprint density at radius 1 is 1.29 bits per heavy atom. The van der Waals surface area contributed by atoms with Gasteiger partial charge in [0, 0.05) is 17.5 Å². The summed E-state index contributed by atoms with van der Waals surface area (Å²) in [5.41, 5.74) is 1.98. The van der Waals surface area contributed by atoms with Gasteiger partial charge in [0.05, 0.1) is 11.4 Å². The Balaban J connectivity index is 2.10. The van der Waals surface area contributed by atoms with E-state index in [9.17, 15) is 0 Å². The van der Waals surface area contributed by atoms with Gasteiger partial charge < -0.3 is 5.32 Å². The summed E-state index contributed by atoms with van der Waals surface area (Å²) in [7, 11) is 0. The maximum absolute atomic E-state index is 4.55. The van der Waals surface area contributed by atoms with Crippen molar-refractivity contribution in [3.05, 3.63) is 17.6 Å². The fourth-order valence-corrected chi connectivity index (χ4v) is 3.33. The number of aromatic nitrogens is 2. The highest BCUT2D eigenvalue weighted by atomic mass is 32.2. The molecule has 3 nitrogen and oxygen atoms in total. The van der Waals surface area contributed by atoms with E-state index in [0.29, 0.717) is 11.3 Å². The molecule has 1 fully saturated rings. The zero-order chi connectivity index (χ0) is 12.3. The SMILES string of the molecule is CSC1CCCCC1Nc1nc(C)cnc1C. The summed E-state index contributed by atoms with van der Waals surface area (Å²) in [4.78, 5) is 8.92. The molecular formula is C13H21N3S. The number of nitrogens with zero attached hydrogens (tertiary/aromatic N) is 2. The van der Waals surface area contributed by atoms with Crippen molar-refractivity contribution in [3.63, 3.8) is 0 Å². The van der Waals surface area contributed by atoms with Crippen molar-refractivity contribution in [3.8, 4) is 0 Å². The maximum atomic E-state index is 4.55. The Kier molecular flexibility index (Phi) is 4.26. The van der Waals surface area contributed by atoms with Crippen LogP contribution in [0.3, 0.4) is 0 Å². The van der Waals surface area contributed by atoms with Gasteiger partial charge in [0.1, 0.15) is 5.82 Å². The summed E-state index contributed by atoms with van der Waals surface area (Å²) in [6, 6.07) is 0.550. The highest BCUT2D eigenvalue weighted by Crippen LogP contribution is 2.29. The summed E-state index contributed by atoms with van der Waals surface area (Å²) in [5.74, 6) is 0.968. The number of rotatable bonds is 3. The van der Waals surface area contributed by atoms with Gasteiger partial charge in [0.25, 0.3) is 0 Å². The first-order chi connectivity index (χ1) is 8.20. The topological polar surface area (TPSA) is 37.8 Å². The molecule has 0 spiro atoms. The molecule has 0 radical (unpaired) electrons. The second kappa shape index (κ2) is 5.71. The van der Waals surface area contributed by atoms with Crippen LogP contribution in [0.1, 0.15) is 37.1 Å². The van der Waals surface area contributed by atoms with Crippen molar-refractivity contribution < 1.29 is 0 Å². The molecule has 0 saturated heterocycles. The molecule has 1 saturated carbocycles. The molecule has 1 aliphatic carbocycles. The molecule has 0 aromatic carbocycles. The van der Waals surface area contributed by atoms with Crippen LogP contribution in [0.25, 0.3) is 0 Å². The van der Waals surface area contributed by atoms with E-state index in [0.717, 1.165) is 17.2 Å². The largest absolute Gasteiger partial charge is 0.365 e. The highest BCUT2D eigenvalue weighted by Gasteiger charge is 2.24. The lowest BCUT2D eigenvalue weighted by molar-refractivity contribution is 0.474. The van der Waals surface area contributed by atoms with Gasteiger partial charge in [-0.25, -0.2) is 4.98 Å². The Labute approximate surface area is 108 Å². The molecule has 2 unspecified atom stereocenters. The predicted octanol–water partition coefficient (Wildman–Crippen LogP) is 3.18. The minimum Gasteiger partial charge on any atom is -0.365 e. The maximum Gasteiger partial charge on any atom is 0.148 e. The number of nitrogens with one attached hydrogen (secondary N) is 1. The monoisotopic (exact) mass is 251 g/mol. The molecule has 1 N–H and O–H groups in total. The molecule has 2 rings (SSSR count). The van der Waals surface area contributed by atoms with Gasteiger partial charge in [-0.1, -0.05) is 12.8 Å². The fourth-order valence-electron chi connectivity index (χ4n) is 2.39. The average Bonchev–Trinajstić information content (AvgIpc) is 2.34. The number of aryl methyl sites for hydroxylation is 2. The van der Waals surface area contributed by atoms with Gasteiger partial charge in [0.2, 0.25) is 0 Å². The van der Waals surface area contributed by atoms with E-state index in [2.05, 4.69) is 21.5 Å². The lowest BCUT2D eigenvalue weighted by Crippen LogP contribution is -2.34. The van der Waals surface area contributed by atoms with E-state index in [1.54, 1.807) is 0 Å². The van der Waals surface area contributed by atoms with E-state index >= 15 is 0 Å². The third-order valence-corrected chi connectivity index (χ3v) is 4.57. The molecule has 1 heterocycles. The van der Waals surface area contributed by atoms with Crippen molar-refractivity contribution in [1.29, 1.82) is 0 Å². The highest BCUT2D eigenvalue weighted by molar-refractivity contribution is 7.99. The van der Waals surface area contributed by atoms with Gasteiger partial charge in [-0.2, -0.15) is 11.8 Å². The molecule has 1 aliphatic rings. The standard InChI is InChI=1S/C13H21N3S/c1-9-8-14-10(2)13(15-9)16-11-6-4-5-7-12(11)17-3/h8,11-12H,4-7H2,1-3H3,(H,15,16). The fraction of sp³-hybridized carbons (Fsp3) is 0.692. The second-order valence-corrected chi connectivity index (χ2v) is 5.83. The van der Waals surface area contributed by atoms with E-state index in [1.807, 2.05) is 31.8 Å². The first-order valence-corrected chi connectivity index (χ1v) is 7.59. The van der Waals surface area contributed by atoms with Crippen molar-refractivity contribution in [2.45, 2.75) is 50.8 Å². The average molecular weight is 251 g/mol.